The second kappa shape index (κ2) is 11.8. The van der Waals surface area contributed by atoms with Gasteiger partial charge in [0.25, 0.3) is 0 Å². The zero-order valence-corrected chi connectivity index (χ0v) is 23.1. The van der Waals surface area contributed by atoms with Crippen LogP contribution in [0.15, 0.2) is 40.9 Å². The molecule has 1 aliphatic rings. The molecule has 1 fully saturated rings. The third kappa shape index (κ3) is 5.76. The minimum absolute atomic E-state index is 0.0454. The van der Waals surface area contributed by atoms with Crippen LogP contribution in [-0.2, 0) is 9.59 Å². The Labute approximate surface area is 230 Å². The van der Waals surface area contributed by atoms with Gasteiger partial charge in [0.2, 0.25) is 11.8 Å². The minimum Gasteiger partial charge on any atom is -0.360 e. The Balaban J connectivity index is 1.48. The number of rotatable bonds is 8. The number of carbonyl (C=O) groups is 2. The highest BCUT2D eigenvalue weighted by Crippen LogP contribution is 2.33. The van der Waals surface area contributed by atoms with Crippen molar-refractivity contribution in [2.24, 2.45) is 5.92 Å². The lowest BCUT2D eigenvalue weighted by molar-refractivity contribution is -0.141. The fourth-order valence-electron chi connectivity index (χ4n) is 5.10. The maximum Gasteiger partial charge on any atom is 0.243 e. The van der Waals surface area contributed by atoms with E-state index >= 15 is 0 Å². The third-order valence-electron chi connectivity index (χ3n) is 7.39. The number of aromatic nitrogens is 1. The Hall–Kier alpha value is -3.69. The molecule has 2 amide bonds. The average molecular weight is 560 g/mol. The predicted molar refractivity (Wildman–Crippen MR) is 141 cm³/mol. The number of amides is 2. The first-order valence-corrected chi connectivity index (χ1v) is 13.4. The van der Waals surface area contributed by atoms with E-state index in [9.17, 15) is 27.2 Å². The van der Waals surface area contributed by atoms with E-state index in [1.807, 2.05) is 27.7 Å². The van der Waals surface area contributed by atoms with Crippen molar-refractivity contribution in [1.82, 2.24) is 15.4 Å². The quantitative estimate of drug-likeness (QED) is 0.248. The van der Waals surface area contributed by atoms with Gasteiger partial charge >= 0.3 is 0 Å². The normalized spacial score (nSPS) is 17.0. The molecule has 4 rings (SSSR count). The van der Waals surface area contributed by atoms with E-state index in [0.717, 1.165) is 5.69 Å². The molecule has 1 N–H and O–H groups in total. The van der Waals surface area contributed by atoms with E-state index in [0.29, 0.717) is 30.7 Å². The molecule has 1 aromatic heterocycles. The second-order valence-electron chi connectivity index (χ2n) is 10.9. The lowest BCUT2D eigenvalue weighted by Gasteiger charge is -2.29. The van der Waals surface area contributed by atoms with Crippen LogP contribution in [0, 0.1) is 29.2 Å². The molecular formula is C30H33F4N3O3. The molecule has 40 heavy (non-hydrogen) atoms. The molecule has 214 valence electrons. The Kier molecular flexibility index (Phi) is 8.65. The van der Waals surface area contributed by atoms with Crippen LogP contribution in [0.1, 0.15) is 82.4 Å². The van der Waals surface area contributed by atoms with Gasteiger partial charge in [-0.15, -0.1) is 0 Å². The molecule has 0 saturated carbocycles. The van der Waals surface area contributed by atoms with Crippen molar-refractivity contribution in [1.29, 1.82) is 0 Å². The highest BCUT2D eigenvalue weighted by molar-refractivity contribution is 5.91. The largest absolute Gasteiger partial charge is 0.360 e. The Morgan fingerprint density at radius 1 is 0.975 bits per heavy atom. The van der Waals surface area contributed by atoms with E-state index in [4.69, 9.17) is 4.52 Å². The number of likely N-dealkylation sites (tertiary alicyclic amines) is 1. The molecule has 10 heteroatoms. The number of nitrogens with zero attached hydrogens (tertiary/aromatic N) is 2. The zero-order valence-electron chi connectivity index (χ0n) is 23.1. The Morgan fingerprint density at radius 2 is 1.60 bits per heavy atom. The molecular weight excluding hydrogens is 526 g/mol. The minimum atomic E-state index is -1.49. The van der Waals surface area contributed by atoms with Gasteiger partial charge in [-0.1, -0.05) is 57.1 Å². The van der Waals surface area contributed by atoms with E-state index < -0.39 is 46.8 Å². The van der Waals surface area contributed by atoms with Crippen LogP contribution in [0.4, 0.5) is 17.6 Å². The molecule has 6 nitrogen and oxygen atoms in total. The van der Waals surface area contributed by atoms with Crippen LogP contribution in [0.3, 0.4) is 0 Å². The summed E-state index contributed by atoms with van der Waals surface area (Å²) in [7, 11) is 0. The predicted octanol–water partition coefficient (Wildman–Crippen LogP) is 6.63. The maximum atomic E-state index is 14.2. The third-order valence-corrected chi connectivity index (χ3v) is 7.39. The molecule has 0 aliphatic carbocycles. The first-order valence-electron chi connectivity index (χ1n) is 13.4. The molecule has 1 saturated heterocycles. The summed E-state index contributed by atoms with van der Waals surface area (Å²) in [6.07, 6.45) is 1.18. The molecule has 2 heterocycles. The monoisotopic (exact) mass is 559 g/mol. The Morgan fingerprint density at radius 3 is 2.15 bits per heavy atom. The van der Waals surface area contributed by atoms with Gasteiger partial charge in [0.15, 0.2) is 23.3 Å². The van der Waals surface area contributed by atoms with Gasteiger partial charge in [-0.3, -0.25) is 9.59 Å². The molecule has 3 unspecified atom stereocenters. The first kappa shape index (κ1) is 29.3. The summed E-state index contributed by atoms with van der Waals surface area (Å²) < 4.78 is 61.2. The molecule has 2 aromatic carbocycles. The number of hydrogen-bond acceptors (Lipinski definition) is 4. The fourth-order valence-corrected chi connectivity index (χ4v) is 5.10. The van der Waals surface area contributed by atoms with Crippen LogP contribution in [0.5, 0.6) is 0 Å². The second-order valence-corrected chi connectivity index (χ2v) is 10.9. The number of benzene rings is 2. The van der Waals surface area contributed by atoms with Crippen molar-refractivity contribution in [2.45, 2.75) is 71.4 Å². The summed E-state index contributed by atoms with van der Waals surface area (Å²) in [5.41, 5.74) is 0.523. The van der Waals surface area contributed by atoms with Crippen molar-refractivity contribution in [2.75, 3.05) is 6.54 Å². The molecule has 3 atom stereocenters. The summed E-state index contributed by atoms with van der Waals surface area (Å²) in [6, 6.07) is 6.49. The van der Waals surface area contributed by atoms with E-state index in [-0.39, 0.29) is 35.3 Å². The summed E-state index contributed by atoms with van der Waals surface area (Å²) in [5.74, 6) is -6.49. The molecule has 0 spiro atoms. The zero-order chi connectivity index (χ0) is 29.3. The van der Waals surface area contributed by atoms with E-state index in [1.165, 1.54) is 24.3 Å². The van der Waals surface area contributed by atoms with Gasteiger partial charge in [0, 0.05) is 18.7 Å². The topological polar surface area (TPSA) is 75.4 Å². The average Bonchev–Trinajstić information content (AvgIpc) is 3.58. The van der Waals surface area contributed by atoms with Gasteiger partial charge in [-0.25, -0.2) is 17.6 Å². The van der Waals surface area contributed by atoms with Crippen molar-refractivity contribution in [3.63, 3.8) is 0 Å². The van der Waals surface area contributed by atoms with Gasteiger partial charge in [-0.2, -0.15) is 0 Å². The van der Waals surface area contributed by atoms with Crippen LogP contribution in [0.2, 0.25) is 0 Å². The van der Waals surface area contributed by atoms with Gasteiger partial charge in [0.1, 0.15) is 17.7 Å². The Bertz CT molecular complexity index is 1360. The highest BCUT2D eigenvalue weighted by atomic mass is 19.2. The summed E-state index contributed by atoms with van der Waals surface area (Å²) >= 11 is 0. The number of carbonyl (C=O) groups excluding carboxylic acids is 2. The van der Waals surface area contributed by atoms with Gasteiger partial charge in [0.05, 0.1) is 17.3 Å². The van der Waals surface area contributed by atoms with Crippen LogP contribution in [0.25, 0.3) is 11.1 Å². The smallest absolute Gasteiger partial charge is 0.243 e. The summed E-state index contributed by atoms with van der Waals surface area (Å²) in [5, 5.41) is 7.01. The van der Waals surface area contributed by atoms with Gasteiger partial charge < -0.3 is 14.7 Å². The number of halogens is 4. The lowest BCUT2D eigenvalue weighted by atomic mass is 9.90. The fraction of sp³-hybridized carbons (Fsp3) is 0.433. The molecule has 3 aromatic rings. The van der Waals surface area contributed by atoms with Gasteiger partial charge in [-0.05, 0) is 42.7 Å². The number of nitrogens with one attached hydrogen (secondary N) is 1. The van der Waals surface area contributed by atoms with Crippen molar-refractivity contribution in [3.8, 4) is 11.1 Å². The maximum absolute atomic E-state index is 14.2. The van der Waals surface area contributed by atoms with Crippen molar-refractivity contribution < 1.29 is 31.7 Å². The standard InChI is InChI=1S/C30H33F4N3O3/c1-15(2)22-14-24(40-36-22)25(16(3)4)30(39)37-12-6-7-23(37)29(38)35-17(5)18-8-10-19(11-9-18)26-27(33)20(31)13-21(32)28(26)34/h8-11,13-17,23,25H,6-7,12H2,1-5H3,(H,35,38). The van der Waals surface area contributed by atoms with E-state index in [2.05, 4.69) is 10.5 Å². The molecule has 1 aliphatic heterocycles. The highest BCUT2D eigenvalue weighted by Gasteiger charge is 2.40. The van der Waals surface area contributed by atoms with Crippen LogP contribution < -0.4 is 5.32 Å². The lowest BCUT2D eigenvalue weighted by Crippen LogP contribution is -2.48. The van der Waals surface area contributed by atoms with E-state index in [1.54, 1.807) is 17.9 Å². The SMILES string of the molecule is CC(C)c1cc(C(C(=O)N2CCCC2C(=O)NC(C)c2ccc(-c3c(F)c(F)cc(F)c3F)cc2)C(C)C)on1. The van der Waals surface area contributed by atoms with Crippen molar-refractivity contribution in [3.05, 3.63) is 76.7 Å². The molecule has 0 bridgehead atoms. The molecule has 0 radical (unpaired) electrons. The van der Waals surface area contributed by atoms with Crippen molar-refractivity contribution >= 4 is 11.8 Å². The van der Waals surface area contributed by atoms with Crippen LogP contribution in [-0.4, -0.2) is 34.5 Å². The number of hydrogen-bond donors (Lipinski definition) is 1. The summed E-state index contributed by atoms with van der Waals surface area (Å²) in [6.45, 7) is 9.99. The summed E-state index contributed by atoms with van der Waals surface area (Å²) in [4.78, 5) is 28.5. The first-order chi connectivity index (χ1) is 18.9. The van der Waals surface area contributed by atoms with Crippen LogP contribution >= 0.6 is 0 Å².